The van der Waals surface area contributed by atoms with Crippen LogP contribution in [0.15, 0.2) is 24.3 Å². The Morgan fingerprint density at radius 2 is 2.06 bits per heavy atom. The molecule has 0 radical (unpaired) electrons. The molecular formula is C12H19N3O. The van der Waals surface area contributed by atoms with Crippen LogP contribution in [-0.4, -0.2) is 19.1 Å². The van der Waals surface area contributed by atoms with Crippen molar-refractivity contribution in [1.29, 1.82) is 0 Å². The van der Waals surface area contributed by atoms with Gasteiger partial charge in [-0.3, -0.25) is 0 Å². The average Bonchev–Trinajstić information content (AvgIpc) is 2.27. The third-order valence-electron chi connectivity index (χ3n) is 2.10. The van der Waals surface area contributed by atoms with Gasteiger partial charge in [-0.25, -0.2) is 4.79 Å². The number of anilines is 1. The second-order valence-electron chi connectivity index (χ2n) is 3.47. The van der Waals surface area contributed by atoms with Crippen molar-refractivity contribution in [2.45, 2.75) is 20.4 Å². The number of carbonyl (C=O) groups excluding carboxylic acids is 1. The number of carbonyl (C=O) groups is 1. The predicted octanol–water partition coefficient (Wildman–Crippen LogP) is 1.94. The van der Waals surface area contributed by atoms with E-state index in [-0.39, 0.29) is 6.03 Å². The molecule has 0 aromatic heterocycles. The van der Waals surface area contributed by atoms with Crippen LogP contribution in [0.2, 0.25) is 0 Å². The first-order valence-corrected chi connectivity index (χ1v) is 5.60. The van der Waals surface area contributed by atoms with Crippen LogP contribution >= 0.6 is 0 Å². The Kier molecular flexibility index (Phi) is 5.36. The summed E-state index contributed by atoms with van der Waals surface area (Å²) in [5, 5.41) is 8.71. The molecule has 0 unspecified atom stereocenters. The van der Waals surface area contributed by atoms with Gasteiger partial charge in [-0.15, -0.1) is 0 Å². The molecule has 0 aliphatic heterocycles. The van der Waals surface area contributed by atoms with Crippen molar-refractivity contribution >= 4 is 11.7 Å². The van der Waals surface area contributed by atoms with Crippen molar-refractivity contribution in [1.82, 2.24) is 10.6 Å². The second-order valence-corrected chi connectivity index (χ2v) is 3.47. The molecule has 0 fully saturated rings. The van der Waals surface area contributed by atoms with Crippen LogP contribution in [0, 0.1) is 0 Å². The minimum atomic E-state index is -0.164. The van der Waals surface area contributed by atoms with Crippen LogP contribution in [-0.2, 0) is 6.54 Å². The maximum absolute atomic E-state index is 11.3. The van der Waals surface area contributed by atoms with Gasteiger partial charge in [0.15, 0.2) is 0 Å². The summed E-state index contributed by atoms with van der Waals surface area (Å²) in [4.78, 5) is 11.3. The normalized spacial score (nSPS) is 9.88. The summed E-state index contributed by atoms with van der Waals surface area (Å²) in [5.74, 6) is 0. The number of rotatable bonds is 5. The lowest BCUT2D eigenvalue weighted by molar-refractivity contribution is 0.252. The Morgan fingerprint density at radius 1 is 1.25 bits per heavy atom. The van der Waals surface area contributed by atoms with Gasteiger partial charge in [0.2, 0.25) is 0 Å². The molecule has 2 amide bonds. The molecule has 4 heteroatoms. The Bertz CT molecular complexity index is 339. The van der Waals surface area contributed by atoms with Crippen LogP contribution in [0.5, 0.6) is 0 Å². The zero-order valence-corrected chi connectivity index (χ0v) is 9.84. The SMILES string of the molecule is CCNCc1cccc(NC(=O)NCC)c1. The summed E-state index contributed by atoms with van der Waals surface area (Å²) < 4.78 is 0. The highest BCUT2D eigenvalue weighted by molar-refractivity contribution is 5.89. The molecule has 88 valence electrons. The molecule has 16 heavy (non-hydrogen) atoms. The summed E-state index contributed by atoms with van der Waals surface area (Å²) in [6.45, 7) is 6.34. The van der Waals surface area contributed by atoms with Crippen molar-refractivity contribution in [2.24, 2.45) is 0 Å². The van der Waals surface area contributed by atoms with Gasteiger partial charge >= 0.3 is 6.03 Å². The summed E-state index contributed by atoms with van der Waals surface area (Å²) >= 11 is 0. The predicted molar refractivity (Wildman–Crippen MR) is 66.5 cm³/mol. The molecule has 0 aliphatic rings. The topological polar surface area (TPSA) is 53.2 Å². The van der Waals surface area contributed by atoms with Crippen molar-refractivity contribution in [3.63, 3.8) is 0 Å². The molecule has 0 bridgehead atoms. The zero-order valence-electron chi connectivity index (χ0n) is 9.84. The Hall–Kier alpha value is -1.55. The first kappa shape index (κ1) is 12.5. The van der Waals surface area contributed by atoms with E-state index in [0.717, 1.165) is 24.3 Å². The lowest BCUT2D eigenvalue weighted by Crippen LogP contribution is -2.28. The zero-order chi connectivity index (χ0) is 11.8. The molecule has 0 saturated carbocycles. The highest BCUT2D eigenvalue weighted by Crippen LogP contribution is 2.10. The Labute approximate surface area is 96.4 Å². The van der Waals surface area contributed by atoms with E-state index in [4.69, 9.17) is 0 Å². The van der Waals surface area contributed by atoms with E-state index < -0.39 is 0 Å². The van der Waals surface area contributed by atoms with Crippen molar-refractivity contribution in [3.8, 4) is 0 Å². The van der Waals surface area contributed by atoms with Crippen LogP contribution in [0.1, 0.15) is 19.4 Å². The van der Waals surface area contributed by atoms with Gasteiger partial charge in [0.05, 0.1) is 0 Å². The van der Waals surface area contributed by atoms with Crippen LogP contribution in [0.3, 0.4) is 0 Å². The quantitative estimate of drug-likeness (QED) is 0.711. The van der Waals surface area contributed by atoms with Crippen LogP contribution in [0.4, 0.5) is 10.5 Å². The van der Waals surface area contributed by atoms with Gasteiger partial charge in [-0.05, 0) is 31.2 Å². The number of urea groups is 1. The largest absolute Gasteiger partial charge is 0.338 e. The van der Waals surface area contributed by atoms with Crippen molar-refractivity contribution in [3.05, 3.63) is 29.8 Å². The molecule has 0 aliphatic carbocycles. The number of benzene rings is 1. The average molecular weight is 221 g/mol. The number of hydrogen-bond donors (Lipinski definition) is 3. The maximum Gasteiger partial charge on any atom is 0.319 e. The second kappa shape index (κ2) is 6.85. The van der Waals surface area contributed by atoms with Gasteiger partial charge in [0.25, 0.3) is 0 Å². The van der Waals surface area contributed by atoms with E-state index in [1.807, 2.05) is 31.2 Å². The number of amides is 2. The minimum absolute atomic E-state index is 0.164. The molecular weight excluding hydrogens is 202 g/mol. The summed E-state index contributed by atoms with van der Waals surface area (Å²) in [6, 6.07) is 7.66. The molecule has 1 rings (SSSR count). The van der Waals surface area contributed by atoms with Crippen molar-refractivity contribution < 1.29 is 4.79 Å². The molecule has 0 spiro atoms. The molecule has 4 nitrogen and oxygen atoms in total. The fraction of sp³-hybridized carbons (Fsp3) is 0.417. The van der Waals surface area contributed by atoms with E-state index >= 15 is 0 Å². The van der Waals surface area contributed by atoms with Gasteiger partial charge < -0.3 is 16.0 Å². The third-order valence-corrected chi connectivity index (χ3v) is 2.10. The Morgan fingerprint density at radius 3 is 2.75 bits per heavy atom. The fourth-order valence-corrected chi connectivity index (χ4v) is 1.36. The standard InChI is InChI=1S/C12H19N3O/c1-3-13-9-10-6-5-7-11(8-10)15-12(16)14-4-2/h5-8,13H,3-4,9H2,1-2H3,(H2,14,15,16). The van der Waals surface area contributed by atoms with E-state index in [1.165, 1.54) is 0 Å². The molecule has 1 aromatic carbocycles. The highest BCUT2D eigenvalue weighted by Gasteiger charge is 2.00. The molecule has 1 aromatic rings. The fourth-order valence-electron chi connectivity index (χ4n) is 1.36. The third kappa shape index (κ3) is 4.31. The molecule has 0 atom stereocenters. The molecule has 0 saturated heterocycles. The lowest BCUT2D eigenvalue weighted by Gasteiger charge is -2.08. The van der Waals surface area contributed by atoms with Gasteiger partial charge in [0, 0.05) is 18.8 Å². The number of nitrogens with one attached hydrogen (secondary N) is 3. The van der Waals surface area contributed by atoms with Gasteiger partial charge in [0.1, 0.15) is 0 Å². The highest BCUT2D eigenvalue weighted by atomic mass is 16.2. The summed E-state index contributed by atoms with van der Waals surface area (Å²) in [5.41, 5.74) is 1.98. The first-order chi connectivity index (χ1) is 7.76. The van der Waals surface area contributed by atoms with Crippen LogP contribution < -0.4 is 16.0 Å². The molecule has 0 heterocycles. The first-order valence-electron chi connectivity index (χ1n) is 5.60. The van der Waals surface area contributed by atoms with E-state index in [1.54, 1.807) is 0 Å². The lowest BCUT2D eigenvalue weighted by atomic mass is 10.2. The maximum atomic E-state index is 11.3. The van der Waals surface area contributed by atoms with E-state index in [9.17, 15) is 4.79 Å². The van der Waals surface area contributed by atoms with E-state index in [0.29, 0.717) is 6.54 Å². The monoisotopic (exact) mass is 221 g/mol. The number of hydrogen-bond acceptors (Lipinski definition) is 2. The van der Waals surface area contributed by atoms with Crippen molar-refractivity contribution in [2.75, 3.05) is 18.4 Å². The minimum Gasteiger partial charge on any atom is -0.338 e. The smallest absolute Gasteiger partial charge is 0.319 e. The Balaban J connectivity index is 2.56. The summed E-state index contributed by atoms with van der Waals surface area (Å²) in [7, 11) is 0. The van der Waals surface area contributed by atoms with Crippen LogP contribution in [0.25, 0.3) is 0 Å². The molecule has 3 N–H and O–H groups in total. The van der Waals surface area contributed by atoms with E-state index in [2.05, 4.69) is 22.9 Å². The van der Waals surface area contributed by atoms with Gasteiger partial charge in [-0.2, -0.15) is 0 Å². The summed E-state index contributed by atoms with van der Waals surface area (Å²) in [6.07, 6.45) is 0. The van der Waals surface area contributed by atoms with Gasteiger partial charge in [-0.1, -0.05) is 19.1 Å².